The quantitative estimate of drug-likeness (QED) is 0.754. The molecule has 1 aliphatic carbocycles. The number of hydrogen-bond acceptors (Lipinski definition) is 1. The van der Waals surface area contributed by atoms with E-state index in [1.54, 1.807) is 0 Å². The molecule has 0 spiro atoms. The van der Waals surface area contributed by atoms with E-state index in [0.29, 0.717) is 5.92 Å². The minimum absolute atomic E-state index is 0.133. The second kappa shape index (κ2) is 4.52. The summed E-state index contributed by atoms with van der Waals surface area (Å²) in [6.07, 6.45) is 4.82. The molecule has 0 aromatic heterocycles. The second-order valence-corrected chi connectivity index (χ2v) is 4.36. The van der Waals surface area contributed by atoms with Crippen molar-refractivity contribution in [3.63, 3.8) is 0 Å². The Bertz CT molecular complexity index is 423. The van der Waals surface area contributed by atoms with Crippen LogP contribution in [0.3, 0.4) is 0 Å². The van der Waals surface area contributed by atoms with E-state index in [0.717, 1.165) is 12.1 Å². The largest absolute Gasteiger partial charge is 0.322 e. The number of hydrogen-bond donors (Lipinski definition) is 1. The number of benzene rings is 1. The molecule has 1 unspecified atom stereocenters. The molecule has 2 heteroatoms. The molecule has 1 N–H and O–H groups in total. The van der Waals surface area contributed by atoms with Crippen molar-refractivity contribution in [1.29, 1.82) is 0 Å². The lowest BCUT2D eigenvalue weighted by molar-refractivity contribution is -0.111. The number of amides is 1. The van der Waals surface area contributed by atoms with E-state index < -0.39 is 0 Å². The van der Waals surface area contributed by atoms with Crippen LogP contribution in [0, 0.1) is 0 Å². The Morgan fingerprint density at radius 3 is 3.12 bits per heavy atom. The molecule has 16 heavy (non-hydrogen) atoms. The Hall–Kier alpha value is -1.57. The first-order valence-electron chi connectivity index (χ1n) is 5.77. The highest BCUT2D eigenvalue weighted by Gasteiger charge is 2.18. The van der Waals surface area contributed by atoms with Gasteiger partial charge in [-0.3, -0.25) is 4.79 Å². The predicted molar refractivity (Wildman–Crippen MR) is 66.6 cm³/mol. The number of rotatable bonds is 2. The molecular weight excluding hydrogens is 198 g/mol. The number of fused-ring (bicyclic) bond motifs is 1. The van der Waals surface area contributed by atoms with E-state index in [4.69, 9.17) is 0 Å². The van der Waals surface area contributed by atoms with Crippen molar-refractivity contribution in [3.8, 4) is 0 Å². The van der Waals surface area contributed by atoms with Gasteiger partial charge in [0.05, 0.1) is 0 Å². The molecule has 1 aromatic carbocycles. The molecule has 0 saturated carbocycles. The highest BCUT2D eigenvalue weighted by molar-refractivity contribution is 5.99. The van der Waals surface area contributed by atoms with Crippen molar-refractivity contribution in [3.05, 3.63) is 42.0 Å². The molecule has 1 atom stereocenters. The van der Waals surface area contributed by atoms with Gasteiger partial charge < -0.3 is 5.32 Å². The average Bonchev–Trinajstić information content (AvgIpc) is 2.30. The van der Waals surface area contributed by atoms with E-state index in [1.165, 1.54) is 30.0 Å². The minimum atomic E-state index is -0.133. The minimum Gasteiger partial charge on any atom is -0.322 e. The van der Waals surface area contributed by atoms with E-state index in [1.807, 2.05) is 12.1 Å². The van der Waals surface area contributed by atoms with Crippen LogP contribution in [0.2, 0.25) is 0 Å². The zero-order chi connectivity index (χ0) is 11.5. The molecule has 1 aliphatic rings. The summed E-state index contributed by atoms with van der Waals surface area (Å²) in [7, 11) is 0. The highest BCUT2D eigenvalue weighted by atomic mass is 16.1. The molecule has 0 saturated heterocycles. The third-order valence-corrected chi connectivity index (χ3v) is 3.25. The summed E-state index contributed by atoms with van der Waals surface area (Å²) in [6.45, 7) is 5.72. The Morgan fingerprint density at radius 1 is 1.56 bits per heavy atom. The average molecular weight is 215 g/mol. The molecule has 2 nitrogen and oxygen atoms in total. The summed E-state index contributed by atoms with van der Waals surface area (Å²) < 4.78 is 0. The van der Waals surface area contributed by atoms with Gasteiger partial charge in [-0.15, -0.1) is 0 Å². The van der Waals surface area contributed by atoms with E-state index in [2.05, 4.69) is 24.9 Å². The maximum absolute atomic E-state index is 11.3. The van der Waals surface area contributed by atoms with Crippen LogP contribution in [-0.4, -0.2) is 5.91 Å². The van der Waals surface area contributed by atoms with Crippen LogP contribution < -0.4 is 5.32 Å². The predicted octanol–water partition coefficient (Wildman–Crippen LogP) is 3.25. The fourth-order valence-electron chi connectivity index (χ4n) is 2.39. The van der Waals surface area contributed by atoms with Gasteiger partial charge in [0, 0.05) is 5.69 Å². The van der Waals surface area contributed by atoms with Gasteiger partial charge in [0.1, 0.15) is 0 Å². The number of carbonyl (C=O) groups excluding carboxylic acids is 1. The maximum Gasteiger partial charge on any atom is 0.247 e. The summed E-state index contributed by atoms with van der Waals surface area (Å²) in [5, 5.41) is 2.88. The normalized spacial score (nSPS) is 18.7. The zero-order valence-corrected chi connectivity index (χ0v) is 9.62. The smallest absolute Gasteiger partial charge is 0.247 e. The highest BCUT2D eigenvalue weighted by Crippen LogP contribution is 2.35. The lowest BCUT2D eigenvalue weighted by Crippen LogP contribution is -2.14. The molecule has 2 rings (SSSR count). The number of anilines is 1. The third-order valence-electron chi connectivity index (χ3n) is 3.25. The zero-order valence-electron chi connectivity index (χ0n) is 9.62. The maximum atomic E-state index is 11.3. The van der Waals surface area contributed by atoms with Gasteiger partial charge >= 0.3 is 0 Å². The number of nitrogens with one attached hydrogen (secondary N) is 1. The lowest BCUT2D eigenvalue weighted by atomic mass is 9.83. The summed E-state index contributed by atoms with van der Waals surface area (Å²) in [6, 6.07) is 6.15. The lowest BCUT2D eigenvalue weighted by Gasteiger charge is -2.24. The summed E-state index contributed by atoms with van der Waals surface area (Å²) in [5.74, 6) is 0.468. The SMILES string of the molecule is C=CC(=O)Nc1cccc2c1CCCC2C. The van der Waals surface area contributed by atoms with Crippen LogP contribution >= 0.6 is 0 Å². The molecule has 0 aliphatic heterocycles. The van der Waals surface area contributed by atoms with Crippen LogP contribution in [0.5, 0.6) is 0 Å². The van der Waals surface area contributed by atoms with Gasteiger partial charge in [-0.05, 0) is 48.4 Å². The van der Waals surface area contributed by atoms with Crippen LogP contribution in [0.15, 0.2) is 30.9 Å². The monoisotopic (exact) mass is 215 g/mol. The van der Waals surface area contributed by atoms with Gasteiger partial charge in [-0.2, -0.15) is 0 Å². The fraction of sp³-hybridized carbons (Fsp3) is 0.357. The number of carbonyl (C=O) groups is 1. The van der Waals surface area contributed by atoms with E-state index >= 15 is 0 Å². The molecule has 0 bridgehead atoms. The van der Waals surface area contributed by atoms with Crippen molar-refractivity contribution in [2.24, 2.45) is 0 Å². The molecule has 1 amide bonds. The topological polar surface area (TPSA) is 29.1 Å². The second-order valence-electron chi connectivity index (χ2n) is 4.36. The Balaban J connectivity index is 2.35. The summed E-state index contributed by atoms with van der Waals surface area (Å²) in [5.41, 5.74) is 3.64. The van der Waals surface area contributed by atoms with Gasteiger partial charge in [0.15, 0.2) is 0 Å². The van der Waals surface area contributed by atoms with Crippen LogP contribution in [0.25, 0.3) is 0 Å². The summed E-state index contributed by atoms with van der Waals surface area (Å²) >= 11 is 0. The van der Waals surface area contributed by atoms with Gasteiger partial charge in [0.25, 0.3) is 0 Å². The van der Waals surface area contributed by atoms with Gasteiger partial charge in [0.2, 0.25) is 5.91 Å². The standard InChI is InChI=1S/C14H17NO/c1-3-14(16)15-13-9-5-7-11-10(2)6-4-8-12(11)13/h3,5,7,9-10H,1,4,6,8H2,2H3,(H,15,16). The first kappa shape index (κ1) is 10.9. The molecule has 84 valence electrons. The fourth-order valence-corrected chi connectivity index (χ4v) is 2.39. The first-order valence-corrected chi connectivity index (χ1v) is 5.77. The summed E-state index contributed by atoms with van der Waals surface area (Å²) in [4.78, 5) is 11.3. The van der Waals surface area contributed by atoms with Crippen LogP contribution in [-0.2, 0) is 11.2 Å². The first-order chi connectivity index (χ1) is 7.72. The van der Waals surface area contributed by atoms with Crippen molar-refractivity contribution in [2.75, 3.05) is 5.32 Å². The molecule has 0 radical (unpaired) electrons. The molecular formula is C14H17NO. The van der Waals surface area contributed by atoms with Crippen LogP contribution in [0.4, 0.5) is 5.69 Å². The van der Waals surface area contributed by atoms with E-state index in [9.17, 15) is 4.79 Å². The molecule has 0 fully saturated rings. The third kappa shape index (κ3) is 2.01. The Labute approximate surface area is 96.4 Å². The van der Waals surface area contributed by atoms with Crippen molar-refractivity contribution in [2.45, 2.75) is 32.1 Å². The van der Waals surface area contributed by atoms with Crippen molar-refractivity contribution >= 4 is 11.6 Å². The van der Waals surface area contributed by atoms with E-state index in [-0.39, 0.29) is 5.91 Å². The van der Waals surface area contributed by atoms with Crippen LogP contribution in [0.1, 0.15) is 36.8 Å². The Kier molecular flexibility index (Phi) is 3.09. The van der Waals surface area contributed by atoms with Gasteiger partial charge in [-0.25, -0.2) is 0 Å². The van der Waals surface area contributed by atoms with Crippen molar-refractivity contribution in [1.82, 2.24) is 0 Å². The van der Waals surface area contributed by atoms with Crippen molar-refractivity contribution < 1.29 is 4.79 Å². The molecule has 1 aromatic rings. The Morgan fingerprint density at radius 2 is 2.38 bits per heavy atom. The molecule has 0 heterocycles. The van der Waals surface area contributed by atoms with Gasteiger partial charge in [-0.1, -0.05) is 25.6 Å².